The van der Waals surface area contributed by atoms with Crippen molar-refractivity contribution in [3.63, 3.8) is 0 Å². The summed E-state index contributed by atoms with van der Waals surface area (Å²) < 4.78 is 1.02. The largest absolute Gasteiger partial charge is 0.323 e. The second-order valence-corrected chi connectivity index (χ2v) is 5.80. The maximum absolute atomic E-state index is 6.15. The average Bonchev–Trinajstić information content (AvgIpc) is 2.06. The van der Waals surface area contributed by atoms with Gasteiger partial charge in [0.2, 0.25) is 0 Å². The molecule has 1 atom stereocenters. The fourth-order valence-corrected chi connectivity index (χ4v) is 1.89. The molecule has 0 radical (unpaired) electrons. The van der Waals surface area contributed by atoms with Gasteiger partial charge in [-0.3, -0.25) is 0 Å². The number of hydrogen-bond donors (Lipinski definition) is 1. The predicted octanol–water partition coefficient (Wildman–Crippen LogP) is 4.15. The smallest absolute Gasteiger partial charge is 0.0410 e. The lowest BCUT2D eigenvalue weighted by Crippen LogP contribution is -2.26. The molecule has 0 aliphatic rings. The molecule has 0 amide bonds. The van der Waals surface area contributed by atoms with Crippen molar-refractivity contribution in [2.24, 2.45) is 11.1 Å². The monoisotopic (exact) mass is 275 g/mol. The van der Waals surface area contributed by atoms with E-state index in [1.54, 1.807) is 0 Å². The number of halogens is 2. The molecule has 0 fully saturated rings. The summed E-state index contributed by atoms with van der Waals surface area (Å²) in [5.41, 5.74) is 7.25. The normalized spacial score (nSPS) is 14.1. The second kappa shape index (κ2) is 4.21. The van der Waals surface area contributed by atoms with Crippen molar-refractivity contribution >= 4 is 27.5 Å². The molecule has 78 valence electrons. The highest BCUT2D eigenvalue weighted by Gasteiger charge is 2.24. The number of nitrogens with two attached hydrogens (primary N) is 1. The standard InChI is InChI=1S/C11H15BrClN/c1-11(2,3)10(14)8-6-7(13)4-5-9(8)12/h4-6,10H,14H2,1-3H3/t10-/m1/s1. The van der Waals surface area contributed by atoms with Crippen LogP contribution >= 0.6 is 27.5 Å². The lowest BCUT2D eigenvalue weighted by atomic mass is 9.83. The van der Waals surface area contributed by atoms with Crippen LogP contribution in [0.25, 0.3) is 0 Å². The van der Waals surface area contributed by atoms with E-state index < -0.39 is 0 Å². The molecular formula is C11H15BrClN. The minimum atomic E-state index is -0.0180. The minimum absolute atomic E-state index is 0.0180. The molecule has 0 bridgehead atoms. The van der Waals surface area contributed by atoms with Gasteiger partial charge in [0.15, 0.2) is 0 Å². The highest BCUT2D eigenvalue weighted by Crippen LogP contribution is 2.35. The van der Waals surface area contributed by atoms with Crippen molar-refractivity contribution in [2.45, 2.75) is 26.8 Å². The summed E-state index contributed by atoms with van der Waals surface area (Å²) in [5.74, 6) is 0. The molecule has 0 saturated carbocycles. The fraction of sp³-hybridized carbons (Fsp3) is 0.455. The molecule has 0 saturated heterocycles. The minimum Gasteiger partial charge on any atom is -0.323 e. The Hall–Kier alpha value is -0.0500. The van der Waals surface area contributed by atoms with E-state index in [1.807, 2.05) is 18.2 Å². The van der Waals surface area contributed by atoms with Crippen molar-refractivity contribution in [3.8, 4) is 0 Å². The Labute approximate surface area is 98.8 Å². The summed E-state index contributed by atoms with van der Waals surface area (Å²) in [7, 11) is 0. The van der Waals surface area contributed by atoms with Crippen LogP contribution in [0, 0.1) is 5.41 Å². The highest BCUT2D eigenvalue weighted by molar-refractivity contribution is 9.10. The Morgan fingerprint density at radius 1 is 1.36 bits per heavy atom. The third kappa shape index (κ3) is 2.72. The van der Waals surface area contributed by atoms with Crippen molar-refractivity contribution in [2.75, 3.05) is 0 Å². The van der Waals surface area contributed by atoms with E-state index in [0.717, 1.165) is 15.1 Å². The molecule has 0 aromatic heterocycles. The van der Waals surface area contributed by atoms with E-state index >= 15 is 0 Å². The first-order chi connectivity index (χ1) is 6.32. The molecule has 0 unspecified atom stereocenters. The third-order valence-electron chi connectivity index (χ3n) is 2.23. The number of rotatable bonds is 1. The van der Waals surface area contributed by atoms with Gasteiger partial charge in [0.25, 0.3) is 0 Å². The van der Waals surface area contributed by atoms with Gasteiger partial charge in [0.1, 0.15) is 0 Å². The molecule has 1 nitrogen and oxygen atoms in total. The Kier molecular flexibility index (Phi) is 3.62. The fourth-order valence-electron chi connectivity index (χ4n) is 1.22. The zero-order chi connectivity index (χ0) is 10.9. The van der Waals surface area contributed by atoms with Crippen molar-refractivity contribution in [1.82, 2.24) is 0 Å². The second-order valence-electron chi connectivity index (χ2n) is 4.51. The van der Waals surface area contributed by atoms with Gasteiger partial charge in [0.05, 0.1) is 0 Å². The molecule has 2 N–H and O–H groups in total. The molecule has 0 heterocycles. The van der Waals surface area contributed by atoms with Crippen molar-refractivity contribution < 1.29 is 0 Å². The Morgan fingerprint density at radius 2 is 1.93 bits per heavy atom. The van der Waals surface area contributed by atoms with E-state index in [-0.39, 0.29) is 11.5 Å². The number of benzene rings is 1. The molecule has 0 spiro atoms. The van der Waals surface area contributed by atoms with Crippen LogP contribution in [0.15, 0.2) is 22.7 Å². The molecule has 0 aliphatic heterocycles. The van der Waals surface area contributed by atoms with Crippen LogP contribution in [0.2, 0.25) is 5.02 Å². The van der Waals surface area contributed by atoms with Crippen molar-refractivity contribution in [1.29, 1.82) is 0 Å². The maximum Gasteiger partial charge on any atom is 0.0410 e. The predicted molar refractivity (Wildman–Crippen MR) is 65.5 cm³/mol. The van der Waals surface area contributed by atoms with Gasteiger partial charge in [-0.05, 0) is 29.2 Å². The van der Waals surface area contributed by atoms with Crippen LogP contribution < -0.4 is 5.73 Å². The van der Waals surface area contributed by atoms with Gasteiger partial charge < -0.3 is 5.73 Å². The van der Waals surface area contributed by atoms with Crippen LogP contribution in [0.4, 0.5) is 0 Å². The summed E-state index contributed by atoms with van der Waals surface area (Å²) >= 11 is 9.42. The van der Waals surface area contributed by atoms with Crippen LogP contribution in [-0.2, 0) is 0 Å². The lowest BCUT2D eigenvalue weighted by Gasteiger charge is -2.28. The van der Waals surface area contributed by atoms with E-state index in [9.17, 15) is 0 Å². The Balaban J connectivity index is 3.12. The molecule has 0 aliphatic carbocycles. The van der Waals surface area contributed by atoms with E-state index in [0.29, 0.717) is 0 Å². The van der Waals surface area contributed by atoms with Gasteiger partial charge in [0, 0.05) is 15.5 Å². The Bertz CT molecular complexity index is 331. The molecule has 14 heavy (non-hydrogen) atoms. The van der Waals surface area contributed by atoms with Gasteiger partial charge >= 0.3 is 0 Å². The van der Waals surface area contributed by atoms with Crippen LogP contribution in [0.3, 0.4) is 0 Å². The first-order valence-electron chi connectivity index (χ1n) is 4.53. The van der Waals surface area contributed by atoms with Crippen LogP contribution in [-0.4, -0.2) is 0 Å². The lowest BCUT2D eigenvalue weighted by molar-refractivity contribution is 0.326. The summed E-state index contributed by atoms with van der Waals surface area (Å²) in [6.45, 7) is 6.35. The van der Waals surface area contributed by atoms with E-state index in [2.05, 4.69) is 36.7 Å². The Morgan fingerprint density at radius 3 is 2.43 bits per heavy atom. The summed E-state index contributed by atoms with van der Waals surface area (Å²) in [4.78, 5) is 0. The summed E-state index contributed by atoms with van der Waals surface area (Å²) in [6, 6.07) is 5.69. The molecular weight excluding hydrogens is 261 g/mol. The highest BCUT2D eigenvalue weighted by atomic mass is 79.9. The van der Waals surface area contributed by atoms with Gasteiger partial charge in [-0.1, -0.05) is 48.3 Å². The average molecular weight is 277 g/mol. The number of hydrogen-bond acceptors (Lipinski definition) is 1. The third-order valence-corrected chi connectivity index (χ3v) is 3.18. The van der Waals surface area contributed by atoms with Gasteiger partial charge in [-0.15, -0.1) is 0 Å². The van der Waals surface area contributed by atoms with Crippen LogP contribution in [0.5, 0.6) is 0 Å². The molecule has 1 rings (SSSR count). The summed E-state index contributed by atoms with van der Waals surface area (Å²) in [6.07, 6.45) is 0. The quantitative estimate of drug-likeness (QED) is 0.819. The van der Waals surface area contributed by atoms with Gasteiger partial charge in [-0.2, -0.15) is 0 Å². The topological polar surface area (TPSA) is 26.0 Å². The zero-order valence-electron chi connectivity index (χ0n) is 8.64. The zero-order valence-corrected chi connectivity index (χ0v) is 11.0. The van der Waals surface area contributed by atoms with E-state index in [4.69, 9.17) is 17.3 Å². The van der Waals surface area contributed by atoms with Gasteiger partial charge in [-0.25, -0.2) is 0 Å². The van der Waals surface area contributed by atoms with E-state index in [1.165, 1.54) is 0 Å². The SMILES string of the molecule is CC(C)(C)[C@H](N)c1cc(Cl)ccc1Br. The maximum atomic E-state index is 6.15. The molecule has 1 aromatic rings. The first kappa shape index (κ1) is 12.0. The molecule has 3 heteroatoms. The molecule has 1 aromatic carbocycles. The van der Waals surface area contributed by atoms with Crippen LogP contribution in [0.1, 0.15) is 32.4 Å². The van der Waals surface area contributed by atoms with Crippen molar-refractivity contribution in [3.05, 3.63) is 33.3 Å². The summed E-state index contributed by atoms with van der Waals surface area (Å²) in [5, 5.41) is 0.725. The first-order valence-corrected chi connectivity index (χ1v) is 5.70.